The number of imide groups is 1. The number of quaternary nitrogens is 1. The van der Waals surface area contributed by atoms with Crippen molar-refractivity contribution < 1.29 is 14.5 Å². The van der Waals surface area contributed by atoms with Crippen molar-refractivity contribution in [2.24, 2.45) is 5.92 Å². The minimum atomic E-state index is -0.973. The first kappa shape index (κ1) is 19.1. The van der Waals surface area contributed by atoms with E-state index in [9.17, 15) is 9.59 Å². The summed E-state index contributed by atoms with van der Waals surface area (Å²) in [5, 5.41) is 3.01. The number of hydrogen-bond donors (Lipinski definition) is 2. The van der Waals surface area contributed by atoms with Gasteiger partial charge in [-0.1, -0.05) is 74.5 Å². The fourth-order valence-electron chi connectivity index (χ4n) is 3.83. The number of benzene rings is 2. The van der Waals surface area contributed by atoms with Gasteiger partial charge in [0.2, 0.25) is 0 Å². The van der Waals surface area contributed by atoms with E-state index in [1.165, 1.54) is 10.5 Å². The van der Waals surface area contributed by atoms with Crippen LogP contribution in [0, 0.1) is 5.92 Å². The summed E-state index contributed by atoms with van der Waals surface area (Å²) < 4.78 is 0. The van der Waals surface area contributed by atoms with Crippen LogP contribution in [0.15, 0.2) is 60.7 Å². The van der Waals surface area contributed by atoms with E-state index in [2.05, 4.69) is 31.3 Å². The highest BCUT2D eigenvalue weighted by molar-refractivity contribution is 6.07. The molecule has 2 aromatic rings. The molecule has 0 aromatic heterocycles. The molecule has 0 spiro atoms. The van der Waals surface area contributed by atoms with Gasteiger partial charge >= 0.3 is 6.03 Å². The molecule has 27 heavy (non-hydrogen) atoms. The van der Waals surface area contributed by atoms with Crippen LogP contribution in [-0.2, 0) is 16.9 Å². The van der Waals surface area contributed by atoms with Gasteiger partial charge in [0.05, 0.1) is 7.05 Å². The van der Waals surface area contributed by atoms with Gasteiger partial charge in [0, 0.05) is 5.56 Å². The first-order valence-electron chi connectivity index (χ1n) is 9.47. The maximum atomic E-state index is 13.4. The molecule has 2 atom stereocenters. The van der Waals surface area contributed by atoms with Gasteiger partial charge in [0.25, 0.3) is 5.91 Å². The average Bonchev–Trinajstić information content (AvgIpc) is 2.88. The van der Waals surface area contributed by atoms with Gasteiger partial charge in [-0.05, 0) is 17.9 Å². The summed E-state index contributed by atoms with van der Waals surface area (Å²) in [7, 11) is 2.00. The van der Waals surface area contributed by atoms with E-state index in [-0.39, 0.29) is 17.9 Å². The Morgan fingerprint density at radius 2 is 1.59 bits per heavy atom. The van der Waals surface area contributed by atoms with Crippen LogP contribution in [0.3, 0.4) is 0 Å². The molecule has 142 valence electrons. The molecule has 1 unspecified atom stereocenters. The molecule has 5 nitrogen and oxygen atoms in total. The van der Waals surface area contributed by atoms with Crippen molar-refractivity contribution in [3.63, 3.8) is 0 Å². The zero-order valence-corrected chi connectivity index (χ0v) is 16.2. The number of urea groups is 1. The maximum Gasteiger partial charge on any atom is 0.329 e. The van der Waals surface area contributed by atoms with Gasteiger partial charge in [-0.25, -0.2) is 9.69 Å². The zero-order valence-electron chi connectivity index (χ0n) is 16.2. The minimum Gasteiger partial charge on any atom is -0.319 e. The van der Waals surface area contributed by atoms with Gasteiger partial charge in [-0.3, -0.25) is 4.79 Å². The lowest BCUT2D eigenvalue weighted by molar-refractivity contribution is -0.901. The standard InChI is InChI=1S/C22H27N3O2/c1-17(2)14-22(19-12-8-5-9-13-19)20(26)25(21(27)23-22)16-24(3)15-18-10-6-4-7-11-18/h4-13,17H,14-16H2,1-3H3,(H,23,27)/p+1/t22-/m1/s1. The lowest BCUT2D eigenvalue weighted by Crippen LogP contribution is -3.09. The van der Waals surface area contributed by atoms with E-state index in [0.717, 1.165) is 17.0 Å². The molecular formula is C22H28N3O2+. The van der Waals surface area contributed by atoms with Gasteiger partial charge in [0.1, 0.15) is 12.1 Å². The quantitative estimate of drug-likeness (QED) is 0.738. The Morgan fingerprint density at radius 1 is 1.00 bits per heavy atom. The lowest BCUT2D eigenvalue weighted by Gasteiger charge is -2.29. The Morgan fingerprint density at radius 3 is 2.19 bits per heavy atom. The van der Waals surface area contributed by atoms with Gasteiger partial charge in [0.15, 0.2) is 6.67 Å². The molecule has 0 bridgehead atoms. The highest BCUT2D eigenvalue weighted by Crippen LogP contribution is 2.34. The van der Waals surface area contributed by atoms with Crippen LogP contribution in [0.2, 0.25) is 0 Å². The van der Waals surface area contributed by atoms with Crippen molar-refractivity contribution in [2.75, 3.05) is 13.7 Å². The third-order valence-corrected chi connectivity index (χ3v) is 4.93. The smallest absolute Gasteiger partial charge is 0.319 e. The molecule has 0 saturated carbocycles. The van der Waals surface area contributed by atoms with E-state index in [1.807, 2.05) is 55.6 Å². The SMILES string of the molecule is CC(C)C[C@]1(c2ccccc2)NC(=O)N(C[NH+](C)Cc2ccccc2)C1=O. The second-order valence-corrected chi connectivity index (χ2v) is 7.81. The summed E-state index contributed by atoms with van der Waals surface area (Å²) in [4.78, 5) is 28.6. The maximum absolute atomic E-state index is 13.4. The van der Waals surface area contributed by atoms with Crippen molar-refractivity contribution in [3.05, 3.63) is 71.8 Å². The van der Waals surface area contributed by atoms with E-state index < -0.39 is 5.54 Å². The third-order valence-electron chi connectivity index (χ3n) is 4.93. The number of rotatable bonds is 7. The topological polar surface area (TPSA) is 53.9 Å². The predicted molar refractivity (Wildman–Crippen MR) is 105 cm³/mol. The van der Waals surface area contributed by atoms with E-state index >= 15 is 0 Å². The minimum absolute atomic E-state index is 0.153. The molecule has 1 saturated heterocycles. The lowest BCUT2D eigenvalue weighted by atomic mass is 9.82. The molecule has 1 heterocycles. The first-order valence-corrected chi connectivity index (χ1v) is 9.47. The fraction of sp³-hybridized carbons (Fsp3) is 0.364. The Labute approximate surface area is 161 Å². The number of nitrogens with one attached hydrogen (secondary N) is 2. The summed E-state index contributed by atoms with van der Waals surface area (Å²) >= 11 is 0. The number of nitrogens with zero attached hydrogens (tertiary/aromatic N) is 1. The summed E-state index contributed by atoms with van der Waals surface area (Å²) in [5.41, 5.74) is 1.05. The highest BCUT2D eigenvalue weighted by Gasteiger charge is 2.53. The van der Waals surface area contributed by atoms with Crippen LogP contribution in [0.25, 0.3) is 0 Å². The molecule has 5 heteroatoms. The van der Waals surface area contributed by atoms with E-state index in [4.69, 9.17) is 0 Å². The average molecular weight is 366 g/mol. The van der Waals surface area contributed by atoms with Gasteiger partial charge in [-0.2, -0.15) is 0 Å². The summed E-state index contributed by atoms with van der Waals surface area (Å²) in [6, 6.07) is 19.4. The molecule has 2 aromatic carbocycles. The molecule has 0 radical (unpaired) electrons. The first-order chi connectivity index (χ1) is 12.9. The van der Waals surface area contributed by atoms with Crippen molar-refractivity contribution >= 4 is 11.9 Å². The Kier molecular flexibility index (Phi) is 5.61. The van der Waals surface area contributed by atoms with Crippen LogP contribution in [0.4, 0.5) is 4.79 Å². The van der Waals surface area contributed by atoms with Crippen molar-refractivity contribution in [1.29, 1.82) is 0 Å². The van der Waals surface area contributed by atoms with Crippen LogP contribution in [-0.4, -0.2) is 30.6 Å². The van der Waals surface area contributed by atoms with Crippen molar-refractivity contribution in [3.8, 4) is 0 Å². The number of amides is 3. The monoisotopic (exact) mass is 366 g/mol. The summed E-state index contributed by atoms with van der Waals surface area (Å²) in [6.45, 7) is 5.23. The summed E-state index contributed by atoms with van der Waals surface area (Å²) in [5.74, 6) is 0.114. The molecular weight excluding hydrogens is 338 g/mol. The molecule has 1 aliphatic heterocycles. The van der Waals surface area contributed by atoms with Crippen LogP contribution in [0.5, 0.6) is 0 Å². The van der Waals surface area contributed by atoms with Crippen molar-refractivity contribution in [1.82, 2.24) is 10.2 Å². The van der Waals surface area contributed by atoms with E-state index in [0.29, 0.717) is 13.1 Å². The third kappa shape index (κ3) is 4.03. The second kappa shape index (κ2) is 7.92. The molecule has 1 aliphatic rings. The normalized spacial score (nSPS) is 20.8. The zero-order chi connectivity index (χ0) is 19.4. The second-order valence-electron chi connectivity index (χ2n) is 7.81. The Bertz CT molecular complexity index is 792. The molecule has 3 rings (SSSR count). The number of carbonyl (C=O) groups excluding carboxylic acids is 2. The largest absolute Gasteiger partial charge is 0.329 e. The van der Waals surface area contributed by atoms with E-state index in [1.54, 1.807) is 0 Å². The van der Waals surface area contributed by atoms with Gasteiger partial charge in [-0.15, -0.1) is 0 Å². The number of hydrogen-bond acceptors (Lipinski definition) is 2. The Hall–Kier alpha value is -2.66. The fourth-order valence-corrected chi connectivity index (χ4v) is 3.83. The van der Waals surface area contributed by atoms with Crippen LogP contribution in [0.1, 0.15) is 31.4 Å². The van der Waals surface area contributed by atoms with Crippen LogP contribution < -0.4 is 10.2 Å². The van der Waals surface area contributed by atoms with Crippen LogP contribution >= 0.6 is 0 Å². The summed E-state index contributed by atoms with van der Waals surface area (Å²) in [6.07, 6.45) is 0.579. The predicted octanol–water partition coefficient (Wildman–Crippen LogP) is 2.15. The Balaban J connectivity index is 1.81. The molecule has 1 fully saturated rings. The molecule has 3 amide bonds. The molecule has 2 N–H and O–H groups in total. The molecule has 0 aliphatic carbocycles. The number of carbonyl (C=O) groups is 2. The van der Waals surface area contributed by atoms with Crippen molar-refractivity contribution in [2.45, 2.75) is 32.4 Å². The highest BCUT2D eigenvalue weighted by atomic mass is 16.2. The van der Waals surface area contributed by atoms with Gasteiger partial charge < -0.3 is 10.2 Å².